The van der Waals surface area contributed by atoms with Crippen molar-refractivity contribution in [1.29, 1.82) is 0 Å². The summed E-state index contributed by atoms with van der Waals surface area (Å²) in [6.45, 7) is 13.3. The van der Waals surface area contributed by atoms with E-state index in [0.29, 0.717) is 48.4 Å². The number of aromatic nitrogens is 4. The number of ether oxygens (including phenoxy) is 7. The van der Waals surface area contributed by atoms with Crippen LogP contribution in [-0.2, 0) is 102 Å². The molecular formula is C68H91N13O24S. The fourth-order valence-electron chi connectivity index (χ4n) is 13.8. The van der Waals surface area contributed by atoms with Gasteiger partial charge in [0, 0.05) is 89.9 Å². The summed E-state index contributed by atoms with van der Waals surface area (Å²) in [5.74, 6) is -8.68. The van der Waals surface area contributed by atoms with E-state index in [1.54, 1.807) is 31.4 Å². The number of imide groups is 1. The Balaban J connectivity index is 0.000000288. The Labute approximate surface area is 611 Å². The Morgan fingerprint density at radius 1 is 0.906 bits per heavy atom. The largest absolute Gasteiger partial charge is 0.481 e. The van der Waals surface area contributed by atoms with E-state index in [9.17, 15) is 62.3 Å². The normalized spacial score (nSPS) is 26.1. The van der Waals surface area contributed by atoms with Crippen LogP contribution < -0.4 is 48.9 Å². The van der Waals surface area contributed by atoms with Gasteiger partial charge in [0.2, 0.25) is 41.4 Å². The zero-order valence-electron chi connectivity index (χ0n) is 60.1. The first kappa shape index (κ1) is 83.4. The lowest BCUT2D eigenvalue weighted by Gasteiger charge is -2.58. The van der Waals surface area contributed by atoms with Gasteiger partial charge in [-0.25, -0.2) is 9.97 Å². The van der Waals surface area contributed by atoms with Gasteiger partial charge in [0.25, 0.3) is 11.5 Å². The average Bonchev–Trinajstić information content (AvgIpc) is 1.46. The molecule has 5 fully saturated rings. The van der Waals surface area contributed by atoms with Crippen molar-refractivity contribution < 1.29 is 110 Å². The quantitative estimate of drug-likeness (QED) is 0.00757. The molecule has 6 aliphatic rings. The van der Waals surface area contributed by atoms with Crippen molar-refractivity contribution in [3.05, 3.63) is 63.7 Å². The van der Waals surface area contributed by atoms with Gasteiger partial charge in [-0.3, -0.25) is 72.2 Å². The monoisotopic (exact) mass is 1510 g/mol. The average molecular weight is 1510 g/mol. The van der Waals surface area contributed by atoms with Crippen LogP contribution in [0, 0.1) is 16.7 Å². The number of amides is 7. The molecule has 38 heteroatoms. The summed E-state index contributed by atoms with van der Waals surface area (Å²) < 4.78 is 44.5. The van der Waals surface area contributed by atoms with Gasteiger partial charge in [0.05, 0.1) is 53.6 Å². The summed E-state index contributed by atoms with van der Waals surface area (Å²) in [6.07, 6.45) is 1.26. The number of anilines is 2. The highest BCUT2D eigenvalue weighted by molar-refractivity contribution is 8.00. The molecule has 3 aliphatic carbocycles. The number of fused-ring (bicyclic) bond motifs is 3. The predicted octanol–water partition coefficient (Wildman–Crippen LogP) is -0.175. The number of hydrogen-bond acceptors (Lipinski definition) is 29. The molecular weight excluding hydrogens is 1410 g/mol. The number of esters is 3. The van der Waals surface area contributed by atoms with Crippen LogP contribution in [0.4, 0.5) is 11.6 Å². The molecule has 3 aliphatic heterocycles. The Kier molecular flexibility index (Phi) is 28.7. The minimum Gasteiger partial charge on any atom is -0.481 e. The van der Waals surface area contributed by atoms with E-state index in [1.807, 2.05) is 40.7 Å². The van der Waals surface area contributed by atoms with Crippen molar-refractivity contribution in [2.75, 3.05) is 56.8 Å². The number of aliphatic carboxylic acids is 2. The molecule has 12 atom stereocenters. The van der Waals surface area contributed by atoms with Crippen LogP contribution in [0.25, 0.3) is 11.2 Å². The van der Waals surface area contributed by atoms with E-state index in [0.717, 1.165) is 17.4 Å². The van der Waals surface area contributed by atoms with Crippen molar-refractivity contribution in [1.82, 2.24) is 51.4 Å². The molecule has 1 unspecified atom stereocenters. The van der Waals surface area contributed by atoms with Crippen LogP contribution in [0.2, 0.25) is 0 Å². The lowest BCUT2D eigenvalue weighted by Crippen LogP contribution is -2.68. The van der Waals surface area contributed by atoms with E-state index in [2.05, 4.69) is 51.8 Å². The minimum absolute atomic E-state index is 0.0516. The maximum absolute atomic E-state index is 13.0. The Morgan fingerprint density at radius 2 is 1.58 bits per heavy atom. The number of methoxy groups -OCH3 is 1. The van der Waals surface area contributed by atoms with E-state index in [1.165, 1.54) is 31.8 Å². The SMILES string of the molecule is CCSC1CC(=O)N(CC(=O)NC2CCC(OC)(O[C@@H]3[C@@H](OC(C)=O)[C@]4(C)[C@@]5(COC(C)=O)C[C@H](OC(=O)CC(C)C)C(C)=C[C@H]5O[C@H]3[C@@]43CO3)CC2)C1=O.C[C@H](NC(=O)[C@H](CC(=O)O)NC(=O)[C@H](CN)NC(=O)CCCNC(=O)c1ccc(NCc2cnc3nc(N)[nH]c(=O)c3n2)cc1)C(=O)O.O=C=O. The van der Waals surface area contributed by atoms with Gasteiger partial charge in [0.1, 0.15) is 61.3 Å². The van der Waals surface area contributed by atoms with Gasteiger partial charge in [0.15, 0.2) is 17.0 Å². The molecule has 578 valence electrons. The summed E-state index contributed by atoms with van der Waals surface area (Å²) in [5.41, 5.74) is 9.94. The van der Waals surface area contributed by atoms with Gasteiger partial charge >= 0.3 is 36.0 Å². The highest BCUT2D eigenvalue weighted by atomic mass is 32.2. The second-order valence-electron chi connectivity index (χ2n) is 27.0. The number of epoxide rings is 1. The number of hydrogen-bond donors (Lipinski definition) is 11. The molecule has 3 saturated heterocycles. The Morgan fingerprint density at radius 3 is 2.17 bits per heavy atom. The summed E-state index contributed by atoms with van der Waals surface area (Å²) in [6, 6.07) is 1.97. The maximum atomic E-state index is 13.0. The van der Waals surface area contributed by atoms with Crippen molar-refractivity contribution in [3.63, 3.8) is 0 Å². The maximum Gasteiger partial charge on any atom is 0.373 e. The number of carboxylic acid groups (broad SMARTS) is 2. The number of nitrogens with two attached hydrogens (primary N) is 2. The number of nitrogen functional groups attached to an aromatic ring is 1. The standard InChI is InChI=1S/C39H56N2O13S.C28H35N11O9.CO2/c1-9-55-27-16-30(45)41(35(27)47)18-29(44)40-25-10-12-38(48-8,13-11-25)54-32-33(51-24(6)43)36(7)37(19-49-23(5)42)17-26(52-31(46)14-21(2)3)22(4)15-28(37)53-34(32)39(36)20-50-39;1-13(27(47)48)34-24(44)17(9-20(41)42)37-25(45)18(10-29)36-19(40)3-2-8-31-23(43)14-4-6-15(7-5-14)32-11-16-12-33-22-21(35-16)26(46)39-28(30)38-22;2-1-3/h15,21,25-28,32-34H,9-14,16-20H2,1-8H3,(H,40,44);4-7,12-13,17-18,32H,2-3,8-11,29H2,1H3,(H,31,43)(H,34,44)(H,36,40)(H,37,45)(H,41,42)(H,47,48)(H3,30,33,38,39,46);/t25?,26-,27?,28+,32+,33+,34+,36+,37+,38?,39-;13-,17-,18-;/m00./s1. The van der Waals surface area contributed by atoms with Gasteiger partial charge in [-0.05, 0) is 74.6 Å². The second kappa shape index (κ2) is 36.4. The number of H-pyrrole nitrogens is 1. The van der Waals surface area contributed by atoms with Crippen LogP contribution >= 0.6 is 11.8 Å². The Hall–Kier alpha value is -9.85. The van der Waals surface area contributed by atoms with E-state index < -0.39 is 142 Å². The molecule has 3 aromatic rings. The topological polar surface area (TPSA) is 546 Å². The summed E-state index contributed by atoms with van der Waals surface area (Å²) in [7, 11) is 1.55. The van der Waals surface area contributed by atoms with E-state index >= 15 is 0 Å². The zero-order chi connectivity index (χ0) is 78.2. The molecule has 106 heavy (non-hydrogen) atoms. The molecule has 37 nitrogen and oxygen atoms in total. The highest BCUT2D eigenvalue weighted by Crippen LogP contribution is 2.73. The third kappa shape index (κ3) is 20.0. The first-order valence-electron chi connectivity index (χ1n) is 34.3. The molecule has 2 bridgehead atoms. The van der Waals surface area contributed by atoms with Gasteiger partial charge < -0.3 is 86.7 Å². The van der Waals surface area contributed by atoms with Crippen molar-refractivity contribution in [3.8, 4) is 0 Å². The van der Waals surface area contributed by atoms with Crippen molar-refractivity contribution in [2.45, 2.75) is 197 Å². The molecule has 2 aromatic heterocycles. The highest BCUT2D eigenvalue weighted by Gasteiger charge is 2.87. The molecule has 2 saturated carbocycles. The first-order valence-corrected chi connectivity index (χ1v) is 35.3. The summed E-state index contributed by atoms with van der Waals surface area (Å²) in [4.78, 5) is 193. The van der Waals surface area contributed by atoms with Crippen LogP contribution in [0.5, 0.6) is 0 Å². The van der Waals surface area contributed by atoms with Crippen LogP contribution in [-0.4, -0.2) is 229 Å². The molecule has 13 N–H and O–H groups in total. The van der Waals surface area contributed by atoms with Crippen LogP contribution in [0.1, 0.15) is 136 Å². The van der Waals surface area contributed by atoms with Crippen LogP contribution in [0.3, 0.4) is 0 Å². The first-order chi connectivity index (χ1) is 50.1. The second-order valence-corrected chi connectivity index (χ2v) is 28.4. The molecule has 9 rings (SSSR count). The number of benzene rings is 1. The molecule has 0 radical (unpaired) electrons. The zero-order valence-corrected chi connectivity index (χ0v) is 60.9. The number of carbonyl (C=O) groups excluding carboxylic acids is 12. The van der Waals surface area contributed by atoms with Gasteiger partial charge in [-0.1, -0.05) is 33.8 Å². The number of rotatable bonds is 31. The molecule has 7 amide bonds. The van der Waals surface area contributed by atoms with Crippen molar-refractivity contribution in [2.24, 2.45) is 22.5 Å². The number of carboxylic acids is 2. The lowest BCUT2D eigenvalue weighted by molar-refractivity contribution is -0.288. The predicted molar refractivity (Wildman–Crippen MR) is 369 cm³/mol. The molecule has 1 aromatic carbocycles. The Bertz CT molecular complexity index is 3920. The van der Waals surface area contributed by atoms with Crippen molar-refractivity contribution >= 4 is 112 Å². The number of nitrogens with one attached hydrogen (secondary N) is 7. The van der Waals surface area contributed by atoms with Gasteiger partial charge in [-0.2, -0.15) is 14.6 Å². The number of nitrogens with zero attached hydrogens (tertiary/aromatic N) is 4. The summed E-state index contributed by atoms with van der Waals surface area (Å²) >= 11 is 1.40. The van der Waals surface area contributed by atoms with E-state index in [-0.39, 0.29) is 125 Å². The smallest absolute Gasteiger partial charge is 0.373 e. The van der Waals surface area contributed by atoms with Gasteiger partial charge in [-0.15, -0.1) is 11.8 Å². The fraction of sp³-hybridized carbons (Fsp3) is 0.603. The molecule has 5 heterocycles. The number of carbonyl (C=O) groups is 12. The van der Waals surface area contributed by atoms with E-state index in [4.69, 9.17) is 64.4 Å². The number of aromatic amines is 1. The number of likely N-dealkylation sites (tertiary alicyclic amines) is 1. The fourth-order valence-corrected chi connectivity index (χ4v) is 14.7. The third-order valence-corrected chi connectivity index (χ3v) is 20.4. The third-order valence-electron chi connectivity index (χ3n) is 19.3. The minimum atomic E-state index is -1.62. The number of thioether (sulfide) groups is 1. The summed E-state index contributed by atoms with van der Waals surface area (Å²) in [5, 5.41) is 33.0. The lowest BCUT2D eigenvalue weighted by atomic mass is 9.51. The molecule has 1 spiro atoms. The van der Waals surface area contributed by atoms with Crippen LogP contribution in [0.15, 0.2) is 46.9 Å².